The van der Waals surface area contributed by atoms with Gasteiger partial charge in [-0.25, -0.2) is 9.59 Å². The van der Waals surface area contributed by atoms with Crippen LogP contribution in [0.2, 0.25) is 0 Å². The van der Waals surface area contributed by atoms with Crippen LogP contribution in [0.25, 0.3) is 0 Å². The van der Waals surface area contributed by atoms with Crippen LogP contribution in [0.3, 0.4) is 0 Å². The average Bonchev–Trinajstić information content (AvgIpc) is 3.23. The van der Waals surface area contributed by atoms with E-state index in [2.05, 4.69) is 4.99 Å². The number of hydrogen-bond acceptors (Lipinski definition) is 8. The Morgan fingerprint density at radius 1 is 1.14 bits per heavy atom. The summed E-state index contributed by atoms with van der Waals surface area (Å²) in [5, 5.41) is 11.4. The normalized spacial score (nSPS) is 12.5. The number of nitro groups is 1. The molecule has 29 heavy (non-hydrogen) atoms. The number of furan rings is 1. The largest absolute Gasteiger partial charge is 0.469 e. The smallest absolute Gasteiger partial charge is 0.346 e. The minimum absolute atomic E-state index is 0.0491. The van der Waals surface area contributed by atoms with Crippen molar-refractivity contribution in [2.45, 2.75) is 25.3 Å². The molecule has 1 atom stereocenters. The lowest BCUT2D eigenvalue weighted by Gasteiger charge is -2.29. The van der Waals surface area contributed by atoms with E-state index in [0.717, 1.165) is 0 Å². The molecule has 0 amide bonds. The number of hydrogen-bond donors (Lipinski definition) is 0. The van der Waals surface area contributed by atoms with Gasteiger partial charge in [-0.3, -0.25) is 15.1 Å². The molecule has 0 unspecified atom stereocenters. The fraction of sp³-hybridized carbons (Fsp3) is 0.350. The molecule has 0 saturated carbocycles. The fourth-order valence-corrected chi connectivity index (χ4v) is 2.83. The van der Waals surface area contributed by atoms with Crippen LogP contribution in [0, 0.1) is 10.1 Å². The molecule has 0 saturated heterocycles. The van der Waals surface area contributed by atoms with Gasteiger partial charge in [0, 0.05) is 11.1 Å². The predicted molar refractivity (Wildman–Crippen MR) is 103 cm³/mol. The summed E-state index contributed by atoms with van der Waals surface area (Å²) in [4.78, 5) is 41.0. The Labute approximate surface area is 167 Å². The van der Waals surface area contributed by atoms with E-state index in [1.165, 1.54) is 24.6 Å². The predicted octanol–water partition coefficient (Wildman–Crippen LogP) is 2.62. The minimum Gasteiger partial charge on any atom is -0.469 e. The van der Waals surface area contributed by atoms with E-state index in [1.807, 2.05) is 0 Å². The topological polar surface area (TPSA) is 121 Å². The average molecular weight is 402 g/mol. The number of nitrogens with zero attached hydrogens (tertiary/aromatic N) is 2. The Hall–Kier alpha value is -3.49. The maximum absolute atomic E-state index is 13.0. The van der Waals surface area contributed by atoms with Gasteiger partial charge in [0.1, 0.15) is 11.7 Å². The fourth-order valence-electron chi connectivity index (χ4n) is 2.83. The van der Waals surface area contributed by atoms with Gasteiger partial charge in [0.2, 0.25) is 6.54 Å². The van der Waals surface area contributed by atoms with Crippen molar-refractivity contribution in [3.05, 3.63) is 70.2 Å². The van der Waals surface area contributed by atoms with Crippen LogP contribution in [-0.4, -0.2) is 48.4 Å². The van der Waals surface area contributed by atoms with E-state index in [0.29, 0.717) is 5.56 Å². The third-order valence-electron chi connectivity index (χ3n) is 4.11. The maximum Gasteiger partial charge on any atom is 0.346 e. The lowest BCUT2D eigenvalue weighted by Crippen LogP contribution is -2.54. The summed E-state index contributed by atoms with van der Waals surface area (Å²) in [6.45, 7) is 2.22. The first-order valence-electron chi connectivity index (χ1n) is 9.05. The maximum atomic E-state index is 13.0. The second-order valence-corrected chi connectivity index (χ2v) is 5.96. The van der Waals surface area contributed by atoms with Crippen molar-refractivity contribution in [2.75, 3.05) is 19.8 Å². The van der Waals surface area contributed by atoms with Crippen LogP contribution in [0.15, 0.2) is 58.1 Å². The Morgan fingerprint density at radius 2 is 1.76 bits per heavy atom. The van der Waals surface area contributed by atoms with Crippen LogP contribution in [-0.2, 0) is 19.1 Å². The molecule has 154 valence electrons. The summed E-state index contributed by atoms with van der Waals surface area (Å²) >= 11 is 0. The third-order valence-corrected chi connectivity index (χ3v) is 4.11. The van der Waals surface area contributed by atoms with Crippen molar-refractivity contribution in [1.82, 2.24) is 0 Å². The summed E-state index contributed by atoms with van der Waals surface area (Å²) < 4.78 is 15.5. The first-order valence-corrected chi connectivity index (χ1v) is 9.05. The molecule has 0 aliphatic rings. The highest BCUT2D eigenvalue weighted by molar-refractivity contribution is 6.08. The van der Waals surface area contributed by atoms with Crippen molar-refractivity contribution in [3.8, 4) is 0 Å². The molecule has 1 aromatic heterocycles. The lowest BCUT2D eigenvalue weighted by molar-refractivity contribution is -0.484. The summed E-state index contributed by atoms with van der Waals surface area (Å²) in [5.41, 5.74) is -1.75. The van der Waals surface area contributed by atoms with E-state index in [-0.39, 0.29) is 19.0 Å². The molecule has 0 aliphatic heterocycles. The Kier molecular flexibility index (Phi) is 7.64. The van der Waals surface area contributed by atoms with Gasteiger partial charge in [-0.1, -0.05) is 30.3 Å². The van der Waals surface area contributed by atoms with Gasteiger partial charge in [-0.05, 0) is 31.5 Å². The number of rotatable bonds is 10. The van der Waals surface area contributed by atoms with E-state index in [9.17, 15) is 19.7 Å². The van der Waals surface area contributed by atoms with Crippen molar-refractivity contribution in [3.63, 3.8) is 0 Å². The SMILES string of the molecule is CCOC(=O)C(N=Cc1ccccc1)(C(=O)OCC)[C@@H](C[N+](=O)[O-])c1ccco1. The summed E-state index contributed by atoms with van der Waals surface area (Å²) in [7, 11) is 0. The Morgan fingerprint density at radius 3 is 2.24 bits per heavy atom. The number of benzene rings is 1. The lowest BCUT2D eigenvalue weighted by atomic mass is 9.82. The quantitative estimate of drug-likeness (QED) is 0.197. The number of carbonyl (C=O) groups excluding carboxylic acids is 2. The zero-order valence-electron chi connectivity index (χ0n) is 16.1. The van der Waals surface area contributed by atoms with Gasteiger partial charge < -0.3 is 13.9 Å². The Bertz CT molecular complexity index is 829. The molecule has 0 fully saturated rings. The molecular formula is C20H22N2O7. The van der Waals surface area contributed by atoms with Crippen molar-refractivity contribution >= 4 is 18.2 Å². The summed E-state index contributed by atoms with van der Waals surface area (Å²) in [6.07, 6.45) is 2.59. The molecule has 0 radical (unpaired) electrons. The number of esters is 2. The third kappa shape index (κ3) is 5.07. The van der Waals surface area contributed by atoms with E-state index in [1.54, 1.807) is 44.2 Å². The highest BCUT2D eigenvalue weighted by Crippen LogP contribution is 2.35. The first kappa shape index (κ1) is 21.8. The second-order valence-electron chi connectivity index (χ2n) is 5.96. The summed E-state index contributed by atoms with van der Waals surface area (Å²) in [6, 6.07) is 11.7. The molecule has 9 nitrogen and oxygen atoms in total. The van der Waals surface area contributed by atoms with Gasteiger partial charge in [-0.2, -0.15) is 0 Å². The van der Waals surface area contributed by atoms with Crippen LogP contribution in [0.4, 0.5) is 0 Å². The number of aliphatic imine (C=N–C) groups is 1. The van der Waals surface area contributed by atoms with Gasteiger partial charge in [0.05, 0.1) is 19.5 Å². The standard InChI is InChI=1S/C20H22N2O7/c1-3-27-18(23)20(19(24)28-4-2,21-13-15-9-6-5-7-10-15)16(14-22(25)26)17-11-8-12-29-17/h5-13,16H,3-4,14H2,1-2H3/t16-/m0/s1. The van der Waals surface area contributed by atoms with E-state index < -0.39 is 34.9 Å². The zero-order chi connectivity index (χ0) is 21.3. The minimum atomic E-state index is -2.34. The monoisotopic (exact) mass is 402 g/mol. The van der Waals surface area contributed by atoms with E-state index >= 15 is 0 Å². The van der Waals surface area contributed by atoms with Gasteiger partial charge >= 0.3 is 11.9 Å². The van der Waals surface area contributed by atoms with Crippen molar-refractivity contribution < 1.29 is 28.4 Å². The van der Waals surface area contributed by atoms with Crippen LogP contribution in [0.5, 0.6) is 0 Å². The van der Waals surface area contributed by atoms with Crippen LogP contribution in [0.1, 0.15) is 31.1 Å². The molecular weight excluding hydrogens is 380 g/mol. The van der Waals surface area contributed by atoms with Gasteiger partial charge in [0.25, 0.3) is 5.54 Å². The van der Waals surface area contributed by atoms with Crippen molar-refractivity contribution in [2.24, 2.45) is 4.99 Å². The van der Waals surface area contributed by atoms with Crippen LogP contribution >= 0.6 is 0 Å². The summed E-state index contributed by atoms with van der Waals surface area (Å²) in [5.74, 6) is -3.42. The molecule has 0 aliphatic carbocycles. The number of carbonyl (C=O) groups is 2. The zero-order valence-corrected chi connectivity index (χ0v) is 16.1. The highest BCUT2D eigenvalue weighted by atomic mass is 16.6. The van der Waals surface area contributed by atoms with Crippen LogP contribution < -0.4 is 0 Å². The van der Waals surface area contributed by atoms with Gasteiger partial charge in [-0.15, -0.1) is 0 Å². The van der Waals surface area contributed by atoms with Crippen molar-refractivity contribution in [1.29, 1.82) is 0 Å². The van der Waals surface area contributed by atoms with Gasteiger partial charge in [0.15, 0.2) is 0 Å². The first-order chi connectivity index (χ1) is 14.0. The molecule has 9 heteroatoms. The molecule has 0 bridgehead atoms. The molecule has 2 aromatic rings. The second kappa shape index (κ2) is 10.2. The Balaban J connectivity index is 2.70. The molecule has 1 heterocycles. The molecule has 2 rings (SSSR count). The highest BCUT2D eigenvalue weighted by Gasteiger charge is 2.59. The number of ether oxygens (including phenoxy) is 2. The molecule has 0 N–H and O–H groups in total. The molecule has 0 spiro atoms. The van der Waals surface area contributed by atoms with E-state index in [4.69, 9.17) is 13.9 Å². The molecule has 1 aromatic carbocycles.